The average Bonchev–Trinajstić information content (AvgIpc) is 3.33. The lowest BCUT2D eigenvalue weighted by Crippen LogP contribution is -2.53. The summed E-state index contributed by atoms with van der Waals surface area (Å²) >= 11 is 5.84. The van der Waals surface area contributed by atoms with E-state index in [0.29, 0.717) is 6.42 Å². The molecule has 216 valence electrons. The third-order valence-corrected chi connectivity index (χ3v) is 7.84. The Balaban J connectivity index is 1.62. The Kier molecular flexibility index (Phi) is 10.2. The van der Waals surface area contributed by atoms with Crippen LogP contribution in [0.4, 0.5) is 0 Å². The SMILES string of the molecule is C[C@H](N[C@@H](CCc1ccccc1)C(=O)O)C(=O)N1CC(NNC(=O)c2ccc(Cl)c(S(N)(=O)=O)c2)C[C@H]1C(=O)O. The van der Waals surface area contributed by atoms with Gasteiger partial charge in [-0.1, -0.05) is 41.9 Å². The van der Waals surface area contributed by atoms with Gasteiger partial charge in [0.1, 0.15) is 17.0 Å². The summed E-state index contributed by atoms with van der Waals surface area (Å²) in [4.78, 5) is 50.1. The van der Waals surface area contributed by atoms with E-state index in [1.54, 1.807) is 0 Å². The minimum Gasteiger partial charge on any atom is -0.480 e. The molecule has 0 spiro atoms. The van der Waals surface area contributed by atoms with Crippen molar-refractivity contribution < 1.29 is 37.8 Å². The molecule has 40 heavy (non-hydrogen) atoms. The van der Waals surface area contributed by atoms with Gasteiger partial charge in [0.15, 0.2) is 0 Å². The van der Waals surface area contributed by atoms with E-state index in [0.717, 1.165) is 16.5 Å². The molecule has 13 nitrogen and oxygen atoms in total. The van der Waals surface area contributed by atoms with Crippen LogP contribution in [0.3, 0.4) is 0 Å². The molecule has 1 unspecified atom stereocenters. The van der Waals surface area contributed by atoms with Crippen LogP contribution in [0.25, 0.3) is 0 Å². The number of aliphatic carboxylic acids is 2. The first kappa shape index (κ1) is 31.0. The number of carboxylic acids is 2. The molecule has 2 amide bonds. The largest absolute Gasteiger partial charge is 0.480 e. The maximum atomic E-state index is 13.2. The summed E-state index contributed by atoms with van der Waals surface area (Å²) in [6.07, 6.45) is 0.631. The lowest BCUT2D eigenvalue weighted by Gasteiger charge is -2.27. The van der Waals surface area contributed by atoms with Crippen LogP contribution in [-0.2, 0) is 30.8 Å². The van der Waals surface area contributed by atoms with Crippen LogP contribution in [-0.4, -0.2) is 78.0 Å². The Morgan fingerprint density at radius 2 is 1.80 bits per heavy atom. The first-order chi connectivity index (χ1) is 18.8. The highest BCUT2D eigenvalue weighted by molar-refractivity contribution is 7.89. The Morgan fingerprint density at radius 3 is 2.40 bits per heavy atom. The molecule has 7 N–H and O–H groups in total. The molecular weight excluding hydrogens is 566 g/mol. The number of carboxylic acid groups (broad SMARTS) is 2. The smallest absolute Gasteiger partial charge is 0.326 e. The molecule has 1 saturated heterocycles. The van der Waals surface area contributed by atoms with Crippen LogP contribution in [0, 0.1) is 0 Å². The van der Waals surface area contributed by atoms with Crippen molar-refractivity contribution in [2.24, 2.45) is 5.14 Å². The minimum atomic E-state index is -4.18. The zero-order chi connectivity index (χ0) is 29.6. The monoisotopic (exact) mass is 595 g/mol. The first-order valence-electron chi connectivity index (χ1n) is 12.2. The molecule has 2 aromatic carbocycles. The number of carbonyl (C=O) groups excluding carboxylic acids is 2. The van der Waals surface area contributed by atoms with Gasteiger partial charge >= 0.3 is 11.9 Å². The van der Waals surface area contributed by atoms with Crippen molar-refractivity contribution in [2.45, 2.75) is 55.2 Å². The number of rotatable bonds is 12. The van der Waals surface area contributed by atoms with Crippen molar-refractivity contribution in [3.05, 3.63) is 64.7 Å². The van der Waals surface area contributed by atoms with Gasteiger partial charge in [0.25, 0.3) is 5.91 Å². The van der Waals surface area contributed by atoms with Gasteiger partial charge in [0.2, 0.25) is 15.9 Å². The highest BCUT2D eigenvalue weighted by atomic mass is 35.5. The van der Waals surface area contributed by atoms with Gasteiger partial charge in [0.05, 0.1) is 11.1 Å². The van der Waals surface area contributed by atoms with Gasteiger partial charge in [-0.2, -0.15) is 0 Å². The second-order valence-electron chi connectivity index (χ2n) is 9.37. The van der Waals surface area contributed by atoms with E-state index in [2.05, 4.69) is 16.2 Å². The number of benzene rings is 2. The number of nitrogens with one attached hydrogen (secondary N) is 3. The summed E-state index contributed by atoms with van der Waals surface area (Å²) in [6, 6.07) is 8.82. The fourth-order valence-electron chi connectivity index (χ4n) is 4.38. The number of carbonyl (C=O) groups is 4. The van der Waals surface area contributed by atoms with Crippen molar-refractivity contribution in [2.75, 3.05) is 6.54 Å². The summed E-state index contributed by atoms with van der Waals surface area (Å²) in [5, 5.41) is 27.1. The van der Waals surface area contributed by atoms with E-state index in [-0.39, 0.29) is 30.0 Å². The number of hydrogen-bond donors (Lipinski definition) is 6. The van der Waals surface area contributed by atoms with Gasteiger partial charge in [0, 0.05) is 18.2 Å². The lowest BCUT2D eigenvalue weighted by molar-refractivity contribution is -0.149. The average molecular weight is 596 g/mol. The first-order valence-corrected chi connectivity index (χ1v) is 14.1. The maximum Gasteiger partial charge on any atom is 0.326 e. The molecule has 3 rings (SSSR count). The standard InChI is InChI=1S/C25H30ClN5O8S/c1-14(28-19(24(34)35)10-7-15-5-3-2-4-6-15)23(33)31-13-17(12-20(31)25(36)37)29-30-22(32)16-8-9-18(26)21(11-16)40(27,38)39/h2-6,8-9,11,14,17,19-20,28-29H,7,10,12-13H2,1H3,(H,30,32)(H,34,35)(H,36,37)(H2,27,38,39)/t14-,17?,19-,20-/m0/s1. The second-order valence-corrected chi connectivity index (χ2v) is 11.3. The fourth-order valence-corrected chi connectivity index (χ4v) is 5.45. The van der Waals surface area contributed by atoms with Gasteiger partial charge in [-0.05, 0) is 49.9 Å². The van der Waals surface area contributed by atoms with E-state index in [9.17, 15) is 37.8 Å². The number of hydrazine groups is 1. The Morgan fingerprint density at radius 1 is 1.12 bits per heavy atom. The molecule has 1 aliphatic rings. The molecule has 4 atom stereocenters. The summed E-state index contributed by atoms with van der Waals surface area (Å²) in [5.41, 5.74) is 5.91. The maximum absolute atomic E-state index is 13.2. The quantitative estimate of drug-likeness (QED) is 0.185. The minimum absolute atomic E-state index is 0.0481. The zero-order valence-electron chi connectivity index (χ0n) is 21.4. The van der Waals surface area contributed by atoms with Crippen molar-refractivity contribution in [1.29, 1.82) is 0 Å². The fraction of sp³-hybridized carbons (Fsp3) is 0.360. The Bertz CT molecular complexity index is 1370. The Hall–Kier alpha value is -3.56. The molecular formula is C25H30ClN5O8S. The molecule has 1 fully saturated rings. The summed E-state index contributed by atoms with van der Waals surface area (Å²) < 4.78 is 23.3. The van der Waals surface area contributed by atoms with Crippen LogP contribution in [0.2, 0.25) is 5.02 Å². The number of nitrogens with zero attached hydrogens (tertiary/aromatic N) is 1. The van der Waals surface area contributed by atoms with Crippen LogP contribution in [0.1, 0.15) is 35.7 Å². The normalized spacial score (nSPS) is 18.6. The van der Waals surface area contributed by atoms with E-state index in [1.165, 1.54) is 19.1 Å². The highest BCUT2D eigenvalue weighted by Gasteiger charge is 2.41. The molecule has 1 heterocycles. The van der Waals surface area contributed by atoms with Crippen LogP contribution >= 0.6 is 11.6 Å². The molecule has 0 bridgehead atoms. The van der Waals surface area contributed by atoms with Crippen LogP contribution < -0.4 is 21.3 Å². The number of aryl methyl sites for hydroxylation is 1. The third-order valence-electron chi connectivity index (χ3n) is 6.44. The lowest BCUT2D eigenvalue weighted by atomic mass is 10.0. The Labute approximate surface area is 235 Å². The van der Waals surface area contributed by atoms with Crippen molar-refractivity contribution in [3.8, 4) is 0 Å². The molecule has 15 heteroatoms. The summed E-state index contributed by atoms with van der Waals surface area (Å²) in [7, 11) is -4.18. The number of likely N-dealkylation sites (tertiary alicyclic amines) is 1. The van der Waals surface area contributed by atoms with E-state index >= 15 is 0 Å². The van der Waals surface area contributed by atoms with E-state index < -0.39 is 62.8 Å². The molecule has 2 aromatic rings. The number of hydrogen-bond acceptors (Lipinski definition) is 8. The van der Waals surface area contributed by atoms with Gasteiger partial charge in [-0.25, -0.2) is 23.8 Å². The highest BCUT2D eigenvalue weighted by Crippen LogP contribution is 2.22. The number of primary sulfonamides is 1. The second kappa shape index (κ2) is 13.2. The van der Waals surface area contributed by atoms with Crippen molar-refractivity contribution in [1.82, 2.24) is 21.1 Å². The molecule has 0 saturated carbocycles. The van der Waals surface area contributed by atoms with Crippen LogP contribution in [0.5, 0.6) is 0 Å². The van der Waals surface area contributed by atoms with E-state index in [1.807, 2.05) is 30.3 Å². The van der Waals surface area contributed by atoms with Crippen molar-refractivity contribution >= 4 is 45.4 Å². The molecule has 1 aliphatic heterocycles. The number of amides is 2. The van der Waals surface area contributed by atoms with Crippen molar-refractivity contribution in [3.63, 3.8) is 0 Å². The topological polar surface area (TPSA) is 208 Å². The third kappa shape index (κ3) is 7.99. The summed E-state index contributed by atoms with van der Waals surface area (Å²) in [6.45, 7) is 1.37. The summed E-state index contributed by atoms with van der Waals surface area (Å²) in [5.74, 6) is -3.74. The van der Waals surface area contributed by atoms with Gasteiger partial charge < -0.3 is 15.1 Å². The zero-order valence-corrected chi connectivity index (χ0v) is 23.0. The van der Waals surface area contributed by atoms with E-state index in [4.69, 9.17) is 16.7 Å². The molecule has 0 aromatic heterocycles. The molecule has 0 aliphatic carbocycles. The molecule has 0 radical (unpaired) electrons. The predicted molar refractivity (Wildman–Crippen MR) is 144 cm³/mol. The number of nitrogens with two attached hydrogens (primary N) is 1. The number of sulfonamides is 1. The van der Waals surface area contributed by atoms with Gasteiger partial charge in [-0.3, -0.25) is 25.1 Å². The number of halogens is 1. The predicted octanol–water partition coefficient (Wildman–Crippen LogP) is 0.340. The van der Waals surface area contributed by atoms with Gasteiger partial charge in [-0.15, -0.1) is 0 Å². The van der Waals surface area contributed by atoms with Crippen LogP contribution in [0.15, 0.2) is 53.4 Å².